The highest BCUT2D eigenvalue weighted by Crippen LogP contribution is 2.32. The maximum atomic E-state index is 12.7. The van der Waals surface area contributed by atoms with Crippen molar-refractivity contribution < 1.29 is 23.1 Å². The van der Waals surface area contributed by atoms with Crippen LogP contribution in [0.3, 0.4) is 0 Å². The van der Waals surface area contributed by atoms with Gasteiger partial charge in [-0.05, 0) is 66.6 Å². The third-order valence-electron chi connectivity index (χ3n) is 5.46. The Labute approximate surface area is 195 Å². The molecule has 0 unspecified atom stereocenters. The third-order valence-corrected chi connectivity index (χ3v) is 7.36. The van der Waals surface area contributed by atoms with E-state index in [0.717, 1.165) is 18.4 Å². The molecule has 0 heterocycles. The molecule has 8 heteroatoms. The second kappa shape index (κ2) is 10.9. The number of anilines is 1. The van der Waals surface area contributed by atoms with Crippen LogP contribution in [-0.4, -0.2) is 55.7 Å². The Balaban J connectivity index is 1.56. The molecule has 0 atom stereocenters. The lowest BCUT2D eigenvalue weighted by molar-refractivity contribution is -0.115. The quantitative estimate of drug-likeness (QED) is 0.523. The molecule has 0 aromatic heterocycles. The van der Waals surface area contributed by atoms with E-state index in [9.17, 15) is 23.1 Å². The standard InChI is InChI=1S/C25H32N2O5S/c1-18(2)16-27(13-14-28)25(30)21-7-9-22(10-8-21)26-24(29)15-19-5-11-23(12-6-19)33(31,32)17-20-3-4-20/h5-12,18,20,28H,3-4,13-17H2,1-2H3,(H,26,29). The predicted octanol–water partition coefficient (Wildman–Crippen LogP) is 3.14. The first-order valence-electron chi connectivity index (χ1n) is 11.3. The van der Waals surface area contributed by atoms with Crippen LogP contribution in [-0.2, 0) is 21.1 Å². The number of hydrogen-bond acceptors (Lipinski definition) is 5. The summed E-state index contributed by atoms with van der Waals surface area (Å²) in [6, 6.07) is 13.1. The van der Waals surface area contributed by atoms with Crippen molar-refractivity contribution in [3.05, 3.63) is 59.7 Å². The fraction of sp³-hybridized carbons (Fsp3) is 0.440. The van der Waals surface area contributed by atoms with Gasteiger partial charge in [-0.3, -0.25) is 9.59 Å². The van der Waals surface area contributed by atoms with Gasteiger partial charge >= 0.3 is 0 Å². The fourth-order valence-corrected chi connectivity index (χ4v) is 5.31. The van der Waals surface area contributed by atoms with Crippen LogP contribution in [0.5, 0.6) is 0 Å². The monoisotopic (exact) mass is 472 g/mol. The Morgan fingerprint density at radius 2 is 1.70 bits per heavy atom. The average Bonchev–Trinajstić information content (AvgIpc) is 3.57. The lowest BCUT2D eigenvalue weighted by Crippen LogP contribution is -2.36. The fourth-order valence-electron chi connectivity index (χ4n) is 3.61. The normalized spacial score (nSPS) is 13.7. The van der Waals surface area contributed by atoms with E-state index >= 15 is 0 Å². The molecule has 2 amide bonds. The van der Waals surface area contributed by atoms with Crippen LogP contribution in [0.4, 0.5) is 5.69 Å². The van der Waals surface area contributed by atoms with E-state index in [1.807, 2.05) is 13.8 Å². The Morgan fingerprint density at radius 1 is 1.06 bits per heavy atom. The molecule has 178 valence electrons. The maximum absolute atomic E-state index is 12.7. The van der Waals surface area contributed by atoms with E-state index in [-0.39, 0.29) is 49.0 Å². The number of carbonyl (C=O) groups is 2. The number of rotatable bonds is 11. The highest BCUT2D eigenvalue weighted by atomic mass is 32.2. The largest absolute Gasteiger partial charge is 0.395 e. The number of nitrogens with zero attached hydrogens (tertiary/aromatic N) is 1. The SMILES string of the molecule is CC(C)CN(CCO)C(=O)c1ccc(NC(=O)Cc2ccc(S(=O)(=O)CC3CC3)cc2)cc1. The van der Waals surface area contributed by atoms with Crippen LogP contribution in [0.1, 0.15) is 42.6 Å². The van der Waals surface area contributed by atoms with Crippen molar-refractivity contribution in [1.29, 1.82) is 0 Å². The zero-order chi connectivity index (χ0) is 24.0. The van der Waals surface area contributed by atoms with E-state index in [1.54, 1.807) is 53.4 Å². The number of aliphatic hydroxyl groups is 1. The van der Waals surface area contributed by atoms with Gasteiger partial charge in [-0.1, -0.05) is 26.0 Å². The molecule has 1 aliphatic rings. The van der Waals surface area contributed by atoms with Crippen molar-refractivity contribution in [2.75, 3.05) is 30.8 Å². The van der Waals surface area contributed by atoms with E-state index in [4.69, 9.17) is 0 Å². The number of nitrogens with one attached hydrogen (secondary N) is 1. The molecule has 0 saturated heterocycles. The van der Waals surface area contributed by atoms with Crippen molar-refractivity contribution in [2.45, 2.75) is 38.0 Å². The lowest BCUT2D eigenvalue weighted by Gasteiger charge is -2.23. The van der Waals surface area contributed by atoms with Gasteiger partial charge in [0.05, 0.1) is 23.7 Å². The molecule has 7 nitrogen and oxygen atoms in total. The summed E-state index contributed by atoms with van der Waals surface area (Å²) in [5, 5.41) is 12.0. The molecule has 3 rings (SSSR count). The Hall–Kier alpha value is -2.71. The number of amides is 2. The first-order chi connectivity index (χ1) is 15.7. The number of aliphatic hydroxyl groups excluding tert-OH is 1. The van der Waals surface area contributed by atoms with Crippen molar-refractivity contribution in [2.24, 2.45) is 11.8 Å². The predicted molar refractivity (Wildman–Crippen MR) is 128 cm³/mol. The summed E-state index contributed by atoms with van der Waals surface area (Å²) in [5.41, 5.74) is 1.78. The summed E-state index contributed by atoms with van der Waals surface area (Å²) in [7, 11) is -3.26. The molecule has 1 aliphatic carbocycles. The molecular formula is C25H32N2O5S. The van der Waals surface area contributed by atoms with Crippen LogP contribution in [0.15, 0.2) is 53.4 Å². The van der Waals surface area contributed by atoms with Crippen LogP contribution in [0.25, 0.3) is 0 Å². The first-order valence-corrected chi connectivity index (χ1v) is 12.9. The Bertz CT molecular complexity index is 1060. The smallest absolute Gasteiger partial charge is 0.253 e. The van der Waals surface area contributed by atoms with Crippen LogP contribution in [0.2, 0.25) is 0 Å². The van der Waals surface area contributed by atoms with Gasteiger partial charge in [-0.2, -0.15) is 0 Å². The summed E-state index contributed by atoms with van der Waals surface area (Å²) < 4.78 is 24.7. The zero-order valence-electron chi connectivity index (χ0n) is 19.2. The summed E-state index contributed by atoms with van der Waals surface area (Å²) in [5.74, 6) is 0.374. The molecule has 33 heavy (non-hydrogen) atoms. The number of hydrogen-bond donors (Lipinski definition) is 2. The molecular weight excluding hydrogens is 440 g/mol. The molecule has 2 aromatic rings. The van der Waals surface area contributed by atoms with E-state index in [2.05, 4.69) is 5.32 Å². The second-order valence-electron chi connectivity index (χ2n) is 9.04. The minimum absolute atomic E-state index is 0.0972. The van der Waals surface area contributed by atoms with E-state index in [1.165, 1.54) is 0 Å². The van der Waals surface area contributed by atoms with Gasteiger partial charge in [-0.15, -0.1) is 0 Å². The Morgan fingerprint density at radius 3 is 2.24 bits per heavy atom. The summed E-state index contributed by atoms with van der Waals surface area (Å²) in [4.78, 5) is 27.0. The zero-order valence-corrected chi connectivity index (χ0v) is 20.0. The minimum atomic E-state index is -3.26. The van der Waals surface area contributed by atoms with Crippen LogP contribution < -0.4 is 5.32 Å². The highest BCUT2D eigenvalue weighted by molar-refractivity contribution is 7.91. The lowest BCUT2D eigenvalue weighted by atomic mass is 10.1. The number of sulfone groups is 1. The maximum Gasteiger partial charge on any atom is 0.253 e. The topological polar surface area (TPSA) is 104 Å². The molecule has 2 aromatic carbocycles. The third kappa shape index (κ3) is 7.40. The van der Waals surface area contributed by atoms with Gasteiger partial charge < -0.3 is 15.3 Å². The van der Waals surface area contributed by atoms with Crippen LogP contribution in [0, 0.1) is 11.8 Å². The van der Waals surface area contributed by atoms with Gasteiger partial charge in [0.15, 0.2) is 9.84 Å². The molecule has 0 aliphatic heterocycles. The van der Waals surface area contributed by atoms with E-state index < -0.39 is 9.84 Å². The van der Waals surface area contributed by atoms with Crippen molar-refractivity contribution in [1.82, 2.24) is 4.90 Å². The van der Waals surface area contributed by atoms with Gasteiger partial charge in [0.2, 0.25) is 5.91 Å². The molecule has 0 radical (unpaired) electrons. The highest BCUT2D eigenvalue weighted by Gasteiger charge is 2.29. The number of benzene rings is 2. The molecule has 1 saturated carbocycles. The second-order valence-corrected chi connectivity index (χ2v) is 11.1. The summed E-state index contributed by atoms with van der Waals surface area (Å²) in [6.45, 7) is 4.75. The van der Waals surface area contributed by atoms with E-state index in [0.29, 0.717) is 22.7 Å². The van der Waals surface area contributed by atoms with Gasteiger partial charge in [0.1, 0.15) is 0 Å². The van der Waals surface area contributed by atoms with Gasteiger partial charge in [-0.25, -0.2) is 8.42 Å². The molecule has 0 bridgehead atoms. The summed E-state index contributed by atoms with van der Waals surface area (Å²) >= 11 is 0. The average molecular weight is 473 g/mol. The van der Waals surface area contributed by atoms with Crippen molar-refractivity contribution in [3.63, 3.8) is 0 Å². The molecule has 1 fully saturated rings. The van der Waals surface area contributed by atoms with Gasteiger partial charge in [0.25, 0.3) is 5.91 Å². The summed E-state index contributed by atoms with van der Waals surface area (Å²) in [6.07, 6.45) is 2.07. The van der Waals surface area contributed by atoms with Crippen molar-refractivity contribution in [3.8, 4) is 0 Å². The van der Waals surface area contributed by atoms with Crippen molar-refractivity contribution >= 4 is 27.3 Å². The molecule has 2 N–H and O–H groups in total. The minimum Gasteiger partial charge on any atom is -0.395 e. The van der Waals surface area contributed by atoms with Crippen LogP contribution >= 0.6 is 0 Å². The number of carbonyl (C=O) groups excluding carboxylic acids is 2. The van der Waals surface area contributed by atoms with Gasteiger partial charge in [0, 0.05) is 24.3 Å². The first kappa shape index (κ1) is 24.9. The molecule has 0 spiro atoms. The Kier molecular flexibility index (Phi) is 8.26.